The normalized spacial score (nSPS) is 11.7. The number of aromatic nitrogens is 2. The molecule has 0 aliphatic rings. The SMILES string of the molecule is Oc1ccc(-c2nc(CC(F)(F)F)no2)cc1. The van der Waals surface area contributed by atoms with Gasteiger partial charge in [0.05, 0.1) is 0 Å². The van der Waals surface area contributed by atoms with E-state index in [1.165, 1.54) is 24.3 Å². The first-order valence-electron chi connectivity index (χ1n) is 4.63. The molecule has 4 nitrogen and oxygen atoms in total. The minimum Gasteiger partial charge on any atom is -0.508 e. The van der Waals surface area contributed by atoms with Crippen molar-refractivity contribution in [3.63, 3.8) is 0 Å². The second-order valence-corrected chi connectivity index (χ2v) is 3.35. The largest absolute Gasteiger partial charge is 0.508 e. The summed E-state index contributed by atoms with van der Waals surface area (Å²) in [6, 6.07) is 5.70. The van der Waals surface area contributed by atoms with Crippen molar-refractivity contribution in [1.82, 2.24) is 10.1 Å². The van der Waals surface area contributed by atoms with E-state index in [0.717, 1.165) is 0 Å². The monoisotopic (exact) mass is 244 g/mol. The number of phenols is 1. The van der Waals surface area contributed by atoms with Crippen LogP contribution in [0.3, 0.4) is 0 Å². The highest BCUT2D eigenvalue weighted by Crippen LogP contribution is 2.23. The number of nitrogens with zero attached hydrogens (tertiary/aromatic N) is 2. The van der Waals surface area contributed by atoms with Gasteiger partial charge in [-0.25, -0.2) is 0 Å². The van der Waals surface area contributed by atoms with Crippen molar-refractivity contribution in [1.29, 1.82) is 0 Å². The lowest BCUT2D eigenvalue weighted by Gasteiger charge is -1.99. The van der Waals surface area contributed by atoms with Gasteiger partial charge in [0.15, 0.2) is 5.82 Å². The second kappa shape index (κ2) is 4.08. The first-order chi connectivity index (χ1) is 7.94. The summed E-state index contributed by atoms with van der Waals surface area (Å²) in [7, 11) is 0. The summed E-state index contributed by atoms with van der Waals surface area (Å²) in [5.74, 6) is -0.381. The van der Waals surface area contributed by atoms with Gasteiger partial charge in [-0.2, -0.15) is 18.2 Å². The molecule has 7 heteroatoms. The highest BCUT2D eigenvalue weighted by molar-refractivity contribution is 5.53. The summed E-state index contributed by atoms with van der Waals surface area (Å²) in [6.45, 7) is 0. The summed E-state index contributed by atoms with van der Waals surface area (Å²) in [5, 5.41) is 12.3. The van der Waals surface area contributed by atoms with Crippen LogP contribution in [0.25, 0.3) is 11.5 Å². The molecule has 90 valence electrons. The third-order valence-electron chi connectivity index (χ3n) is 1.94. The zero-order valence-corrected chi connectivity index (χ0v) is 8.40. The van der Waals surface area contributed by atoms with Gasteiger partial charge in [0.2, 0.25) is 0 Å². The maximum atomic E-state index is 12.1. The molecular weight excluding hydrogens is 237 g/mol. The maximum Gasteiger partial charge on any atom is 0.396 e. The van der Waals surface area contributed by atoms with Gasteiger partial charge < -0.3 is 9.63 Å². The molecule has 0 bridgehead atoms. The molecular formula is C10H7F3N2O2. The molecule has 0 spiro atoms. The molecule has 1 heterocycles. The smallest absolute Gasteiger partial charge is 0.396 e. The molecule has 2 aromatic rings. The van der Waals surface area contributed by atoms with E-state index in [2.05, 4.69) is 10.1 Å². The first kappa shape index (κ1) is 11.4. The summed E-state index contributed by atoms with van der Waals surface area (Å²) < 4.78 is 40.8. The minimum atomic E-state index is -4.36. The van der Waals surface area contributed by atoms with E-state index in [4.69, 9.17) is 9.63 Å². The topological polar surface area (TPSA) is 59.2 Å². The molecule has 1 aromatic heterocycles. The molecule has 0 saturated carbocycles. The van der Waals surface area contributed by atoms with Crippen LogP contribution in [0, 0.1) is 0 Å². The summed E-state index contributed by atoms with van der Waals surface area (Å²) >= 11 is 0. The van der Waals surface area contributed by atoms with Gasteiger partial charge >= 0.3 is 6.18 Å². The van der Waals surface area contributed by atoms with Crippen molar-refractivity contribution in [2.75, 3.05) is 0 Å². The number of benzene rings is 1. The average Bonchev–Trinajstić information content (AvgIpc) is 2.64. The van der Waals surface area contributed by atoms with Gasteiger partial charge in [0, 0.05) is 5.56 Å². The van der Waals surface area contributed by atoms with Gasteiger partial charge in [-0.3, -0.25) is 0 Å². The zero-order valence-electron chi connectivity index (χ0n) is 8.40. The van der Waals surface area contributed by atoms with Crippen molar-refractivity contribution in [2.45, 2.75) is 12.6 Å². The van der Waals surface area contributed by atoms with Crippen molar-refractivity contribution in [3.8, 4) is 17.2 Å². The van der Waals surface area contributed by atoms with Crippen LogP contribution in [0.15, 0.2) is 28.8 Å². The van der Waals surface area contributed by atoms with E-state index in [1.807, 2.05) is 0 Å². The van der Waals surface area contributed by atoms with Crippen molar-refractivity contribution >= 4 is 0 Å². The van der Waals surface area contributed by atoms with Crippen LogP contribution in [0.2, 0.25) is 0 Å². The lowest BCUT2D eigenvalue weighted by atomic mass is 10.2. The third kappa shape index (κ3) is 2.96. The number of rotatable bonds is 2. The number of phenolic OH excluding ortho intramolecular Hbond substituents is 1. The molecule has 2 rings (SSSR count). The number of hydrogen-bond donors (Lipinski definition) is 1. The Bertz CT molecular complexity index is 505. The number of alkyl halides is 3. The van der Waals surface area contributed by atoms with Gasteiger partial charge in [-0.15, -0.1) is 0 Å². The fourth-order valence-corrected chi connectivity index (χ4v) is 1.23. The van der Waals surface area contributed by atoms with Crippen LogP contribution >= 0.6 is 0 Å². The predicted molar refractivity (Wildman–Crippen MR) is 51.2 cm³/mol. The average molecular weight is 244 g/mol. The standard InChI is InChI=1S/C10H7F3N2O2/c11-10(12,13)5-8-14-9(17-15-8)6-1-3-7(16)4-2-6/h1-4,16H,5H2. The summed E-state index contributed by atoms with van der Waals surface area (Å²) in [4.78, 5) is 3.62. The Morgan fingerprint density at radius 3 is 2.41 bits per heavy atom. The van der Waals surface area contributed by atoms with E-state index in [-0.39, 0.29) is 11.6 Å². The zero-order chi connectivity index (χ0) is 12.5. The first-order valence-corrected chi connectivity index (χ1v) is 4.63. The summed E-state index contributed by atoms with van der Waals surface area (Å²) in [5.41, 5.74) is 0.448. The highest BCUT2D eigenvalue weighted by atomic mass is 19.4. The van der Waals surface area contributed by atoms with Crippen LogP contribution in [-0.4, -0.2) is 21.4 Å². The van der Waals surface area contributed by atoms with Crippen LogP contribution < -0.4 is 0 Å². The van der Waals surface area contributed by atoms with Gasteiger partial charge in [0.25, 0.3) is 5.89 Å². The van der Waals surface area contributed by atoms with E-state index in [0.29, 0.717) is 5.56 Å². The van der Waals surface area contributed by atoms with E-state index >= 15 is 0 Å². The van der Waals surface area contributed by atoms with Gasteiger partial charge in [0.1, 0.15) is 12.2 Å². The Labute approximate surface area is 93.7 Å². The van der Waals surface area contributed by atoms with Gasteiger partial charge in [-0.05, 0) is 24.3 Å². The Kier molecular flexibility index (Phi) is 2.74. The molecule has 0 amide bonds. The number of halogens is 3. The van der Waals surface area contributed by atoms with E-state index in [1.54, 1.807) is 0 Å². The lowest BCUT2D eigenvalue weighted by Crippen LogP contribution is -2.12. The van der Waals surface area contributed by atoms with Crippen molar-refractivity contribution < 1.29 is 22.8 Å². The Balaban J connectivity index is 2.21. The molecule has 0 saturated heterocycles. The van der Waals surface area contributed by atoms with E-state index in [9.17, 15) is 13.2 Å². The molecule has 0 aliphatic carbocycles. The second-order valence-electron chi connectivity index (χ2n) is 3.35. The quantitative estimate of drug-likeness (QED) is 0.881. The van der Waals surface area contributed by atoms with Crippen molar-refractivity contribution in [2.24, 2.45) is 0 Å². The fraction of sp³-hybridized carbons (Fsp3) is 0.200. The van der Waals surface area contributed by atoms with Crippen LogP contribution in [-0.2, 0) is 6.42 Å². The summed E-state index contributed by atoms with van der Waals surface area (Å²) in [6.07, 6.45) is -5.59. The Hall–Kier alpha value is -2.05. The molecule has 0 unspecified atom stereocenters. The fourth-order valence-electron chi connectivity index (χ4n) is 1.23. The number of hydrogen-bond acceptors (Lipinski definition) is 4. The molecule has 0 radical (unpaired) electrons. The molecule has 0 fully saturated rings. The lowest BCUT2D eigenvalue weighted by molar-refractivity contribution is -0.128. The molecule has 1 N–H and O–H groups in total. The van der Waals surface area contributed by atoms with Crippen LogP contribution in [0.1, 0.15) is 5.82 Å². The maximum absolute atomic E-state index is 12.1. The van der Waals surface area contributed by atoms with Crippen molar-refractivity contribution in [3.05, 3.63) is 30.1 Å². The Morgan fingerprint density at radius 2 is 1.82 bits per heavy atom. The van der Waals surface area contributed by atoms with Crippen LogP contribution in [0.4, 0.5) is 13.2 Å². The van der Waals surface area contributed by atoms with Crippen LogP contribution in [0.5, 0.6) is 5.75 Å². The predicted octanol–water partition coefficient (Wildman–Crippen LogP) is 2.55. The molecule has 0 atom stereocenters. The number of aromatic hydroxyl groups is 1. The minimum absolute atomic E-state index is 0.00995. The third-order valence-corrected chi connectivity index (χ3v) is 1.94. The van der Waals surface area contributed by atoms with E-state index < -0.39 is 18.4 Å². The molecule has 17 heavy (non-hydrogen) atoms. The highest BCUT2D eigenvalue weighted by Gasteiger charge is 2.30. The molecule has 0 aliphatic heterocycles. The Morgan fingerprint density at radius 1 is 1.18 bits per heavy atom. The van der Waals surface area contributed by atoms with Gasteiger partial charge in [-0.1, -0.05) is 5.16 Å². The molecule has 1 aromatic carbocycles.